The van der Waals surface area contributed by atoms with Crippen molar-refractivity contribution in [1.29, 1.82) is 0 Å². The molecule has 3 heterocycles. The average Bonchev–Trinajstić information content (AvgIpc) is 3.18. The van der Waals surface area contributed by atoms with E-state index in [0.29, 0.717) is 13.0 Å². The summed E-state index contributed by atoms with van der Waals surface area (Å²) in [6.45, 7) is 1.51. The van der Waals surface area contributed by atoms with E-state index in [1.165, 1.54) is 6.42 Å². The minimum absolute atomic E-state index is 0.135. The highest BCUT2D eigenvalue weighted by molar-refractivity contribution is 7.10. The molecule has 0 aromatic carbocycles. The van der Waals surface area contributed by atoms with Gasteiger partial charge in [-0.05, 0) is 43.6 Å². The maximum atomic E-state index is 12.8. The van der Waals surface area contributed by atoms with Gasteiger partial charge in [0.1, 0.15) is 6.10 Å². The lowest BCUT2D eigenvalue weighted by molar-refractivity contribution is -0.143. The minimum Gasteiger partial charge on any atom is -0.387 e. The summed E-state index contributed by atoms with van der Waals surface area (Å²) in [5.41, 5.74) is 0. The van der Waals surface area contributed by atoms with Gasteiger partial charge in [0.25, 0.3) is 5.91 Å². The Morgan fingerprint density at radius 2 is 2.27 bits per heavy atom. The molecule has 0 aliphatic carbocycles. The molecule has 3 atom stereocenters. The van der Waals surface area contributed by atoms with Gasteiger partial charge in [-0.25, -0.2) is 0 Å². The molecule has 2 aliphatic heterocycles. The number of nitrogens with zero attached hydrogens (tertiary/aromatic N) is 1. The van der Waals surface area contributed by atoms with Gasteiger partial charge >= 0.3 is 0 Å². The zero-order valence-corrected chi connectivity index (χ0v) is 13.8. The summed E-state index contributed by atoms with van der Waals surface area (Å²) < 4.78 is 5.58. The maximum absolute atomic E-state index is 12.8. The molecule has 122 valence electrons. The van der Waals surface area contributed by atoms with E-state index >= 15 is 0 Å². The molecule has 1 aromatic heterocycles. The second-order valence-corrected chi connectivity index (χ2v) is 7.28. The Morgan fingerprint density at radius 1 is 1.36 bits per heavy atom. The summed E-state index contributed by atoms with van der Waals surface area (Å²) in [5.74, 6) is 0.141. The van der Waals surface area contributed by atoms with Crippen molar-refractivity contribution in [2.24, 2.45) is 0 Å². The molecule has 5 heteroatoms. The fraction of sp³-hybridized carbons (Fsp3) is 0.706. The fourth-order valence-electron chi connectivity index (χ4n) is 3.52. The predicted molar refractivity (Wildman–Crippen MR) is 86.8 cm³/mol. The van der Waals surface area contributed by atoms with Crippen LogP contribution < -0.4 is 0 Å². The van der Waals surface area contributed by atoms with Crippen molar-refractivity contribution in [3.8, 4) is 0 Å². The first-order valence-corrected chi connectivity index (χ1v) is 9.27. The van der Waals surface area contributed by atoms with Crippen molar-refractivity contribution in [2.75, 3.05) is 13.2 Å². The van der Waals surface area contributed by atoms with E-state index in [1.54, 1.807) is 11.3 Å². The number of aliphatic hydroxyl groups excluding tert-OH is 1. The molecule has 0 bridgehead atoms. The summed E-state index contributed by atoms with van der Waals surface area (Å²) in [7, 11) is 0. The zero-order chi connectivity index (χ0) is 15.4. The summed E-state index contributed by atoms with van der Waals surface area (Å²) in [5, 5.41) is 12.4. The van der Waals surface area contributed by atoms with Crippen molar-refractivity contribution >= 4 is 17.2 Å². The molecule has 4 nitrogen and oxygen atoms in total. The van der Waals surface area contributed by atoms with E-state index in [2.05, 4.69) is 0 Å². The Morgan fingerprint density at radius 3 is 3.00 bits per heavy atom. The first kappa shape index (κ1) is 16.0. The lowest BCUT2D eigenvalue weighted by Gasteiger charge is -2.33. The fourth-order valence-corrected chi connectivity index (χ4v) is 4.25. The zero-order valence-electron chi connectivity index (χ0n) is 12.9. The van der Waals surface area contributed by atoms with Crippen LogP contribution in [0.2, 0.25) is 0 Å². The van der Waals surface area contributed by atoms with E-state index in [4.69, 9.17) is 4.74 Å². The number of likely N-dealkylation sites (tertiary alicyclic amines) is 1. The topological polar surface area (TPSA) is 49.8 Å². The number of hydrogen-bond acceptors (Lipinski definition) is 4. The second-order valence-electron chi connectivity index (χ2n) is 6.30. The van der Waals surface area contributed by atoms with E-state index < -0.39 is 6.10 Å². The number of ether oxygens (including phenoxy) is 1. The smallest absolute Gasteiger partial charge is 0.251 e. The van der Waals surface area contributed by atoms with E-state index in [-0.39, 0.29) is 18.1 Å². The van der Waals surface area contributed by atoms with Crippen molar-refractivity contribution < 1.29 is 14.6 Å². The Hall–Kier alpha value is -0.910. The molecule has 1 N–H and O–H groups in total. The van der Waals surface area contributed by atoms with Crippen molar-refractivity contribution in [2.45, 2.75) is 63.2 Å². The predicted octanol–water partition coefficient (Wildman–Crippen LogP) is 3.12. The quantitative estimate of drug-likeness (QED) is 0.926. The van der Waals surface area contributed by atoms with Crippen LogP contribution in [0.5, 0.6) is 0 Å². The van der Waals surface area contributed by atoms with Gasteiger partial charge in [-0.15, -0.1) is 11.3 Å². The van der Waals surface area contributed by atoms with Crippen molar-refractivity contribution in [3.63, 3.8) is 0 Å². The van der Waals surface area contributed by atoms with Crippen LogP contribution in [0.3, 0.4) is 0 Å². The highest BCUT2D eigenvalue weighted by atomic mass is 32.1. The Kier molecular flexibility index (Phi) is 5.50. The number of carbonyl (C=O) groups excluding carboxylic acids is 1. The highest BCUT2D eigenvalue weighted by Gasteiger charge is 2.34. The van der Waals surface area contributed by atoms with Gasteiger partial charge in [0.2, 0.25) is 0 Å². The van der Waals surface area contributed by atoms with Crippen LogP contribution in [0.15, 0.2) is 17.5 Å². The number of aliphatic hydroxyl groups is 1. The molecule has 1 amide bonds. The van der Waals surface area contributed by atoms with Crippen LogP contribution >= 0.6 is 11.3 Å². The third kappa shape index (κ3) is 3.70. The monoisotopic (exact) mass is 323 g/mol. The van der Waals surface area contributed by atoms with Crippen molar-refractivity contribution in [3.05, 3.63) is 22.4 Å². The number of amides is 1. The van der Waals surface area contributed by atoms with Crippen LogP contribution in [-0.4, -0.2) is 41.2 Å². The van der Waals surface area contributed by atoms with Crippen LogP contribution in [0, 0.1) is 0 Å². The van der Waals surface area contributed by atoms with E-state index in [0.717, 1.165) is 43.5 Å². The van der Waals surface area contributed by atoms with Crippen molar-refractivity contribution in [1.82, 2.24) is 4.90 Å². The molecule has 1 aromatic rings. The largest absolute Gasteiger partial charge is 0.387 e. The molecule has 0 unspecified atom stereocenters. The SMILES string of the molecule is O=C([C@@H]1CCCO1)N1CCCCC[C@@H]1C[C@H](O)c1cccs1. The first-order chi connectivity index (χ1) is 10.8. The molecule has 2 aliphatic rings. The Balaban J connectivity index is 1.68. The molecule has 2 saturated heterocycles. The van der Waals surface area contributed by atoms with Crippen LogP contribution in [0.4, 0.5) is 0 Å². The lowest BCUT2D eigenvalue weighted by Crippen LogP contribution is -2.45. The second kappa shape index (κ2) is 7.57. The van der Waals surface area contributed by atoms with Crippen LogP contribution in [0.25, 0.3) is 0 Å². The Bertz CT molecular complexity index is 470. The molecule has 0 saturated carbocycles. The van der Waals surface area contributed by atoms with Gasteiger partial charge in [-0.3, -0.25) is 4.79 Å². The van der Waals surface area contributed by atoms with Gasteiger partial charge in [0.15, 0.2) is 0 Å². The maximum Gasteiger partial charge on any atom is 0.251 e. The summed E-state index contributed by atoms with van der Waals surface area (Å²) in [6.07, 6.45) is 6.09. The van der Waals surface area contributed by atoms with Gasteiger partial charge < -0.3 is 14.7 Å². The third-order valence-corrected chi connectivity index (χ3v) is 5.71. The van der Waals surface area contributed by atoms with Gasteiger partial charge in [-0.1, -0.05) is 18.9 Å². The van der Waals surface area contributed by atoms with E-state index in [1.807, 2.05) is 22.4 Å². The van der Waals surface area contributed by atoms with Crippen LogP contribution in [-0.2, 0) is 9.53 Å². The third-order valence-electron chi connectivity index (χ3n) is 4.73. The molecule has 0 spiro atoms. The Labute approximate surface area is 136 Å². The first-order valence-electron chi connectivity index (χ1n) is 8.39. The molecular formula is C17H25NO3S. The molecule has 0 radical (unpaired) electrons. The molecule has 22 heavy (non-hydrogen) atoms. The van der Waals surface area contributed by atoms with Gasteiger partial charge in [-0.2, -0.15) is 0 Å². The number of rotatable bonds is 4. The minimum atomic E-state index is -0.470. The molecular weight excluding hydrogens is 298 g/mol. The standard InChI is InChI=1S/C17H25NO3S/c19-14(16-8-5-11-22-16)12-13-6-2-1-3-9-18(13)17(20)15-7-4-10-21-15/h5,8,11,13-15,19H,1-4,6-7,9-10,12H2/t13-,14+,15+/m1/s1. The molecule has 2 fully saturated rings. The highest BCUT2D eigenvalue weighted by Crippen LogP contribution is 2.30. The lowest BCUT2D eigenvalue weighted by atomic mass is 10.0. The number of carbonyl (C=O) groups is 1. The van der Waals surface area contributed by atoms with Gasteiger partial charge in [0.05, 0.1) is 6.10 Å². The van der Waals surface area contributed by atoms with Gasteiger partial charge in [0, 0.05) is 24.1 Å². The molecule has 3 rings (SSSR count). The summed E-state index contributed by atoms with van der Waals surface area (Å²) >= 11 is 1.58. The van der Waals surface area contributed by atoms with Crippen LogP contribution in [0.1, 0.15) is 55.9 Å². The summed E-state index contributed by atoms with van der Waals surface area (Å²) in [4.78, 5) is 15.7. The number of hydrogen-bond donors (Lipinski definition) is 1. The average molecular weight is 323 g/mol. The van der Waals surface area contributed by atoms with E-state index in [9.17, 15) is 9.90 Å². The number of thiophene rings is 1. The summed E-state index contributed by atoms with van der Waals surface area (Å²) in [6, 6.07) is 4.07. The normalized spacial score (nSPS) is 27.6.